The maximum atomic E-state index is 12.6. The number of likely N-dealkylation sites (N-methyl/N-ethyl adjacent to an activating group) is 1. The van der Waals surface area contributed by atoms with Crippen LogP contribution in [0.5, 0.6) is 11.5 Å². The van der Waals surface area contributed by atoms with Gasteiger partial charge in [-0.25, -0.2) is 0 Å². The summed E-state index contributed by atoms with van der Waals surface area (Å²) in [5, 5.41) is 6.10. The molecule has 0 aliphatic carbocycles. The van der Waals surface area contributed by atoms with Gasteiger partial charge in [-0.3, -0.25) is 9.59 Å². The van der Waals surface area contributed by atoms with Crippen LogP contribution in [0.4, 0.5) is 11.4 Å². The van der Waals surface area contributed by atoms with Gasteiger partial charge >= 0.3 is 0 Å². The van der Waals surface area contributed by atoms with Gasteiger partial charge in [0.15, 0.2) is 12.6 Å². The summed E-state index contributed by atoms with van der Waals surface area (Å²) in [5.41, 5.74) is 1.07. The van der Waals surface area contributed by atoms with Crippen LogP contribution in [-0.2, 0) is 9.59 Å². The highest BCUT2D eigenvalue weighted by Crippen LogP contribution is 2.27. The van der Waals surface area contributed by atoms with Gasteiger partial charge in [-0.2, -0.15) is 0 Å². The first kappa shape index (κ1) is 21.5. The van der Waals surface area contributed by atoms with Crippen molar-refractivity contribution in [2.75, 3.05) is 38.4 Å². The molecule has 2 aromatic carbocycles. The molecule has 0 aromatic heterocycles. The van der Waals surface area contributed by atoms with E-state index in [1.54, 1.807) is 51.4 Å². The van der Waals surface area contributed by atoms with E-state index in [4.69, 9.17) is 21.1 Å². The predicted octanol–water partition coefficient (Wildman–Crippen LogP) is 1.84. The van der Waals surface area contributed by atoms with E-state index in [9.17, 15) is 9.59 Å². The minimum Gasteiger partial charge on any atom is -0.495 e. The van der Waals surface area contributed by atoms with Gasteiger partial charge in [0, 0.05) is 5.02 Å². The lowest BCUT2D eigenvalue weighted by molar-refractivity contribution is -0.885. The van der Waals surface area contributed by atoms with Crippen LogP contribution >= 0.6 is 11.6 Å². The maximum Gasteiger partial charge on any atom is 0.282 e. The lowest BCUT2D eigenvalue weighted by Crippen LogP contribution is -3.14. The van der Waals surface area contributed by atoms with E-state index < -0.39 is 6.04 Å². The fourth-order valence-corrected chi connectivity index (χ4v) is 2.76. The summed E-state index contributed by atoms with van der Waals surface area (Å²) in [6, 6.07) is 11.7. The Morgan fingerprint density at radius 1 is 1.04 bits per heavy atom. The Morgan fingerprint density at radius 2 is 1.68 bits per heavy atom. The normalized spacial score (nSPS) is 12.6. The van der Waals surface area contributed by atoms with E-state index in [1.165, 1.54) is 7.11 Å². The Bertz CT molecular complexity index is 844. The summed E-state index contributed by atoms with van der Waals surface area (Å²) in [6.07, 6.45) is 0. The molecular weight excluding hydrogens is 382 g/mol. The minimum atomic E-state index is -0.461. The molecule has 8 heteroatoms. The lowest BCUT2D eigenvalue weighted by Gasteiger charge is -2.21. The molecule has 7 nitrogen and oxygen atoms in total. The fraction of sp³-hybridized carbons (Fsp3) is 0.300. The number of para-hydroxylation sites is 2. The third-order valence-electron chi connectivity index (χ3n) is 4.37. The van der Waals surface area contributed by atoms with Crippen LogP contribution in [0.25, 0.3) is 0 Å². The number of methoxy groups -OCH3 is 2. The average Bonchev–Trinajstić information content (AvgIpc) is 2.67. The summed E-state index contributed by atoms with van der Waals surface area (Å²) in [7, 11) is 4.84. The molecule has 150 valence electrons. The highest BCUT2D eigenvalue weighted by molar-refractivity contribution is 6.31. The predicted molar refractivity (Wildman–Crippen MR) is 109 cm³/mol. The molecule has 1 unspecified atom stereocenters. The summed E-state index contributed by atoms with van der Waals surface area (Å²) < 4.78 is 10.5. The van der Waals surface area contributed by atoms with Gasteiger partial charge in [-0.1, -0.05) is 23.7 Å². The molecule has 0 radical (unpaired) electrons. The number of quaternary nitrogens is 1. The standard InChI is InChI=1S/C20H24ClN3O4/c1-13(20(26)23-15-7-5-6-8-17(15)27-3)24(2)12-19(25)22-16-11-14(21)9-10-18(16)28-4/h5-11,13H,12H2,1-4H3,(H,22,25)(H,23,26)/p+1/t13-/m0/s1. The smallest absolute Gasteiger partial charge is 0.282 e. The minimum absolute atomic E-state index is 0.0934. The molecule has 0 saturated carbocycles. The van der Waals surface area contributed by atoms with Crippen LogP contribution in [0.3, 0.4) is 0 Å². The first-order valence-corrected chi connectivity index (χ1v) is 9.13. The van der Waals surface area contributed by atoms with E-state index in [1.807, 2.05) is 12.1 Å². The Labute approximate surface area is 169 Å². The number of hydrogen-bond acceptors (Lipinski definition) is 4. The van der Waals surface area contributed by atoms with Gasteiger partial charge in [0.25, 0.3) is 11.8 Å². The molecule has 0 aliphatic heterocycles. The van der Waals surface area contributed by atoms with Crippen LogP contribution in [0.2, 0.25) is 5.02 Å². The fourth-order valence-electron chi connectivity index (χ4n) is 2.59. The van der Waals surface area contributed by atoms with E-state index in [0.29, 0.717) is 27.9 Å². The first-order chi connectivity index (χ1) is 13.3. The molecule has 0 bridgehead atoms. The Balaban J connectivity index is 1.97. The number of carbonyl (C=O) groups is 2. The molecule has 0 spiro atoms. The zero-order valence-corrected chi connectivity index (χ0v) is 17.1. The quantitative estimate of drug-likeness (QED) is 0.625. The summed E-state index contributed by atoms with van der Waals surface area (Å²) in [6.45, 7) is 1.85. The zero-order chi connectivity index (χ0) is 20.7. The molecule has 28 heavy (non-hydrogen) atoms. The molecule has 0 aliphatic rings. The van der Waals surface area contributed by atoms with Gasteiger partial charge in [-0.05, 0) is 37.3 Å². The topological polar surface area (TPSA) is 81.1 Å². The number of amides is 2. The summed E-state index contributed by atoms with van der Waals surface area (Å²) in [5.74, 6) is 0.619. The molecule has 0 fully saturated rings. The van der Waals surface area contributed by atoms with Gasteiger partial charge in [0.1, 0.15) is 11.5 Å². The highest BCUT2D eigenvalue weighted by Gasteiger charge is 2.25. The van der Waals surface area contributed by atoms with Crippen molar-refractivity contribution < 1.29 is 24.0 Å². The number of ether oxygens (including phenoxy) is 2. The van der Waals surface area contributed by atoms with Crippen LogP contribution < -0.4 is 25.0 Å². The number of nitrogens with one attached hydrogen (secondary N) is 3. The molecule has 2 atom stereocenters. The van der Waals surface area contributed by atoms with Gasteiger partial charge in [0.05, 0.1) is 32.6 Å². The van der Waals surface area contributed by atoms with Gasteiger partial charge in [-0.15, -0.1) is 0 Å². The molecule has 3 N–H and O–H groups in total. The molecule has 0 heterocycles. The number of benzene rings is 2. The van der Waals surface area contributed by atoms with Crippen molar-refractivity contribution in [3.8, 4) is 11.5 Å². The van der Waals surface area contributed by atoms with Crippen LogP contribution in [0, 0.1) is 0 Å². The van der Waals surface area contributed by atoms with Crippen molar-refractivity contribution in [2.45, 2.75) is 13.0 Å². The van der Waals surface area contributed by atoms with Crippen molar-refractivity contribution in [3.63, 3.8) is 0 Å². The summed E-state index contributed by atoms with van der Waals surface area (Å²) >= 11 is 5.98. The SMILES string of the molecule is COc1ccc(Cl)cc1NC(=O)C[NH+](C)[C@@H](C)C(=O)Nc1ccccc1OC. The van der Waals surface area contributed by atoms with Crippen LogP contribution in [0.15, 0.2) is 42.5 Å². The number of hydrogen-bond donors (Lipinski definition) is 3. The maximum absolute atomic E-state index is 12.6. The molecular formula is C20H25ClN3O4+. The van der Waals surface area contributed by atoms with E-state index >= 15 is 0 Å². The largest absolute Gasteiger partial charge is 0.495 e. The second-order valence-electron chi connectivity index (χ2n) is 6.33. The van der Waals surface area contributed by atoms with Crippen molar-refractivity contribution in [1.82, 2.24) is 0 Å². The molecule has 2 aromatic rings. The lowest BCUT2D eigenvalue weighted by atomic mass is 10.2. The third-order valence-corrected chi connectivity index (χ3v) is 4.61. The Hall–Kier alpha value is -2.77. The molecule has 0 saturated heterocycles. The van der Waals surface area contributed by atoms with E-state index in [-0.39, 0.29) is 18.4 Å². The zero-order valence-electron chi connectivity index (χ0n) is 16.3. The Kier molecular flexibility index (Phi) is 7.66. The van der Waals surface area contributed by atoms with Gasteiger partial charge < -0.3 is 25.0 Å². The number of carbonyl (C=O) groups excluding carboxylic acids is 2. The first-order valence-electron chi connectivity index (χ1n) is 8.75. The molecule has 2 amide bonds. The Morgan fingerprint density at radius 3 is 2.36 bits per heavy atom. The number of anilines is 2. The van der Waals surface area contributed by atoms with Gasteiger partial charge in [0.2, 0.25) is 0 Å². The summed E-state index contributed by atoms with van der Waals surface area (Å²) in [4.78, 5) is 25.7. The van der Waals surface area contributed by atoms with Crippen molar-refractivity contribution >= 4 is 34.8 Å². The van der Waals surface area contributed by atoms with Crippen LogP contribution in [-0.4, -0.2) is 45.7 Å². The van der Waals surface area contributed by atoms with E-state index in [2.05, 4.69) is 10.6 Å². The van der Waals surface area contributed by atoms with Crippen molar-refractivity contribution in [1.29, 1.82) is 0 Å². The molecule has 2 rings (SSSR count). The highest BCUT2D eigenvalue weighted by atomic mass is 35.5. The van der Waals surface area contributed by atoms with E-state index in [0.717, 1.165) is 4.90 Å². The number of halogens is 1. The van der Waals surface area contributed by atoms with Crippen molar-refractivity contribution in [3.05, 3.63) is 47.5 Å². The second-order valence-corrected chi connectivity index (χ2v) is 6.76. The van der Waals surface area contributed by atoms with Crippen LogP contribution in [0.1, 0.15) is 6.92 Å². The number of rotatable bonds is 8. The average molecular weight is 407 g/mol. The monoisotopic (exact) mass is 406 g/mol. The van der Waals surface area contributed by atoms with Crippen molar-refractivity contribution in [2.24, 2.45) is 0 Å². The second kappa shape index (κ2) is 9.96. The third kappa shape index (κ3) is 5.61.